The van der Waals surface area contributed by atoms with Gasteiger partial charge in [0.1, 0.15) is 11.5 Å². The summed E-state index contributed by atoms with van der Waals surface area (Å²) in [4.78, 5) is 0. The maximum Gasteiger partial charge on any atom is 0.131 e. The van der Waals surface area contributed by atoms with Crippen LogP contribution < -0.4 is 4.74 Å². The fraction of sp³-hybridized carbons (Fsp3) is 0.111. The SMILES string of the molecule is COc1ccc(C(/C=N/O)=N\O)cc1. The predicted octanol–water partition coefficient (Wildman–Crippen LogP) is 1.33. The molecule has 0 saturated carbocycles. The molecule has 0 radical (unpaired) electrons. The van der Waals surface area contributed by atoms with Crippen LogP contribution in [0.15, 0.2) is 34.6 Å². The lowest BCUT2D eigenvalue weighted by molar-refractivity contribution is 0.316. The van der Waals surface area contributed by atoms with Crippen LogP contribution in [0.4, 0.5) is 0 Å². The van der Waals surface area contributed by atoms with E-state index in [0.717, 1.165) is 6.21 Å². The van der Waals surface area contributed by atoms with Crippen LogP contribution in [-0.2, 0) is 0 Å². The van der Waals surface area contributed by atoms with Gasteiger partial charge in [-0.05, 0) is 24.3 Å². The predicted molar refractivity (Wildman–Crippen MR) is 51.6 cm³/mol. The largest absolute Gasteiger partial charge is 0.497 e. The summed E-state index contributed by atoms with van der Waals surface area (Å²) in [5.74, 6) is 0.701. The molecule has 1 aromatic carbocycles. The summed E-state index contributed by atoms with van der Waals surface area (Å²) >= 11 is 0. The molecule has 0 heterocycles. The topological polar surface area (TPSA) is 74.4 Å². The van der Waals surface area contributed by atoms with Crippen LogP contribution in [0.1, 0.15) is 5.56 Å². The second-order valence-corrected chi connectivity index (χ2v) is 2.46. The van der Waals surface area contributed by atoms with E-state index in [0.29, 0.717) is 11.3 Å². The third-order valence-corrected chi connectivity index (χ3v) is 1.67. The van der Waals surface area contributed by atoms with Gasteiger partial charge in [0.15, 0.2) is 0 Å². The Morgan fingerprint density at radius 3 is 2.36 bits per heavy atom. The van der Waals surface area contributed by atoms with Gasteiger partial charge in [-0.1, -0.05) is 10.3 Å². The fourth-order valence-corrected chi connectivity index (χ4v) is 0.975. The molecule has 0 spiro atoms. The number of rotatable bonds is 3. The third kappa shape index (κ3) is 2.22. The highest BCUT2D eigenvalue weighted by Gasteiger charge is 2.01. The van der Waals surface area contributed by atoms with E-state index in [2.05, 4.69) is 10.3 Å². The molecule has 0 saturated heterocycles. The van der Waals surface area contributed by atoms with Crippen LogP contribution in [0, 0.1) is 0 Å². The van der Waals surface area contributed by atoms with E-state index >= 15 is 0 Å². The van der Waals surface area contributed by atoms with Crippen LogP contribution in [0.3, 0.4) is 0 Å². The fourth-order valence-electron chi connectivity index (χ4n) is 0.975. The molecule has 2 N–H and O–H groups in total. The van der Waals surface area contributed by atoms with Crippen molar-refractivity contribution in [3.63, 3.8) is 0 Å². The third-order valence-electron chi connectivity index (χ3n) is 1.67. The number of benzene rings is 1. The lowest BCUT2D eigenvalue weighted by Crippen LogP contribution is -2.02. The van der Waals surface area contributed by atoms with Crippen molar-refractivity contribution in [2.24, 2.45) is 10.3 Å². The van der Waals surface area contributed by atoms with Crippen LogP contribution in [0.25, 0.3) is 0 Å². The lowest BCUT2D eigenvalue weighted by Gasteiger charge is -2.01. The first kappa shape index (κ1) is 10.0. The summed E-state index contributed by atoms with van der Waals surface area (Å²) in [7, 11) is 1.56. The monoisotopic (exact) mass is 194 g/mol. The van der Waals surface area contributed by atoms with E-state index in [9.17, 15) is 0 Å². The lowest BCUT2D eigenvalue weighted by atomic mass is 10.1. The van der Waals surface area contributed by atoms with Crippen molar-refractivity contribution in [1.82, 2.24) is 0 Å². The van der Waals surface area contributed by atoms with Crippen LogP contribution >= 0.6 is 0 Å². The number of methoxy groups -OCH3 is 1. The molecule has 0 aliphatic carbocycles. The molecular formula is C9H10N2O3. The van der Waals surface area contributed by atoms with Gasteiger partial charge in [0.25, 0.3) is 0 Å². The first-order valence-corrected chi connectivity index (χ1v) is 3.85. The van der Waals surface area contributed by atoms with Crippen molar-refractivity contribution >= 4 is 11.9 Å². The first-order chi connectivity index (χ1) is 6.81. The summed E-state index contributed by atoms with van der Waals surface area (Å²) in [5.41, 5.74) is 0.807. The molecule has 0 aliphatic heterocycles. The Morgan fingerprint density at radius 2 is 1.93 bits per heavy atom. The van der Waals surface area contributed by atoms with Crippen LogP contribution in [0.2, 0.25) is 0 Å². The van der Waals surface area contributed by atoms with Gasteiger partial charge in [0, 0.05) is 5.56 Å². The Hall–Kier alpha value is -2.04. The molecule has 5 heteroatoms. The van der Waals surface area contributed by atoms with Crippen LogP contribution in [0.5, 0.6) is 5.75 Å². The standard InChI is InChI=1S/C9H10N2O3/c1-14-8-4-2-7(3-5-8)9(11-13)6-10-12/h2-6,12-13H,1H3/b10-6+,11-9-. The Morgan fingerprint density at radius 1 is 1.29 bits per heavy atom. The van der Waals surface area contributed by atoms with E-state index in [4.69, 9.17) is 15.2 Å². The van der Waals surface area contributed by atoms with Gasteiger partial charge in [-0.15, -0.1) is 0 Å². The van der Waals surface area contributed by atoms with Gasteiger partial charge in [-0.3, -0.25) is 0 Å². The highest BCUT2D eigenvalue weighted by molar-refractivity contribution is 6.37. The second kappa shape index (κ2) is 4.86. The minimum Gasteiger partial charge on any atom is -0.497 e. The van der Waals surface area contributed by atoms with Gasteiger partial charge in [0.2, 0.25) is 0 Å². The number of oxime groups is 2. The smallest absolute Gasteiger partial charge is 0.131 e. The molecule has 0 atom stereocenters. The van der Waals surface area contributed by atoms with Crippen LogP contribution in [-0.4, -0.2) is 29.5 Å². The van der Waals surface area contributed by atoms with Crippen molar-refractivity contribution in [3.05, 3.63) is 29.8 Å². The van der Waals surface area contributed by atoms with E-state index in [1.54, 1.807) is 31.4 Å². The average Bonchev–Trinajstić information content (AvgIpc) is 2.26. The Bertz CT molecular complexity index is 344. The molecule has 74 valence electrons. The normalized spacial score (nSPS) is 11.9. The Labute approximate surface area is 80.9 Å². The molecule has 14 heavy (non-hydrogen) atoms. The number of ether oxygens (including phenoxy) is 1. The molecule has 1 aromatic rings. The van der Waals surface area contributed by atoms with Crippen molar-refractivity contribution in [1.29, 1.82) is 0 Å². The molecule has 5 nitrogen and oxygen atoms in total. The van der Waals surface area contributed by atoms with Gasteiger partial charge in [-0.2, -0.15) is 0 Å². The van der Waals surface area contributed by atoms with Crippen molar-refractivity contribution in [3.8, 4) is 5.75 Å². The van der Waals surface area contributed by atoms with E-state index in [1.165, 1.54) is 0 Å². The summed E-state index contributed by atoms with van der Waals surface area (Å²) in [6.45, 7) is 0. The highest BCUT2D eigenvalue weighted by atomic mass is 16.5. The van der Waals surface area contributed by atoms with Crippen molar-refractivity contribution in [2.45, 2.75) is 0 Å². The quantitative estimate of drug-likeness (QED) is 0.433. The molecule has 1 rings (SSSR count). The van der Waals surface area contributed by atoms with Crippen molar-refractivity contribution in [2.75, 3.05) is 7.11 Å². The Kier molecular flexibility index (Phi) is 3.49. The summed E-state index contributed by atoms with van der Waals surface area (Å²) < 4.78 is 4.96. The molecule has 0 amide bonds. The van der Waals surface area contributed by atoms with Crippen molar-refractivity contribution < 1.29 is 15.2 Å². The summed E-state index contributed by atoms with van der Waals surface area (Å²) in [6, 6.07) is 6.81. The molecule has 0 fully saturated rings. The zero-order chi connectivity index (χ0) is 10.4. The van der Waals surface area contributed by atoms with Gasteiger partial charge in [-0.25, -0.2) is 0 Å². The summed E-state index contributed by atoms with van der Waals surface area (Å²) in [6.07, 6.45) is 1.04. The number of hydrogen-bond acceptors (Lipinski definition) is 5. The Balaban J connectivity index is 2.96. The van der Waals surface area contributed by atoms with E-state index in [1.807, 2.05) is 0 Å². The number of nitrogens with zero attached hydrogens (tertiary/aromatic N) is 2. The molecule has 0 aromatic heterocycles. The zero-order valence-corrected chi connectivity index (χ0v) is 7.58. The van der Waals surface area contributed by atoms with Gasteiger partial charge >= 0.3 is 0 Å². The minimum atomic E-state index is 0.176. The molecule has 0 aliphatic rings. The molecule has 0 bridgehead atoms. The average molecular weight is 194 g/mol. The minimum absolute atomic E-state index is 0.176. The number of hydrogen-bond donors (Lipinski definition) is 2. The maximum atomic E-state index is 8.59. The van der Waals surface area contributed by atoms with E-state index in [-0.39, 0.29) is 5.71 Å². The zero-order valence-electron chi connectivity index (χ0n) is 7.58. The maximum absolute atomic E-state index is 8.59. The second-order valence-electron chi connectivity index (χ2n) is 2.46. The summed E-state index contributed by atoms with van der Waals surface area (Å²) in [5, 5.41) is 22.6. The van der Waals surface area contributed by atoms with E-state index < -0.39 is 0 Å². The van der Waals surface area contributed by atoms with Gasteiger partial charge < -0.3 is 15.2 Å². The molecule has 0 unspecified atom stereocenters. The van der Waals surface area contributed by atoms with Gasteiger partial charge in [0.05, 0.1) is 13.3 Å². The first-order valence-electron chi connectivity index (χ1n) is 3.85. The highest BCUT2D eigenvalue weighted by Crippen LogP contribution is 2.11. The molecular weight excluding hydrogens is 184 g/mol.